The molecule has 1 saturated carbocycles. The van der Waals surface area contributed by atoms with Crippen molar-refractivity contribution in [1.82, 2.24) is 19.5 Å². The Morgan fingerprint density at radius 1 is 1.25 bits per heavy atom. The Balaban J connectivity index is 1.66. The van der Waals surface area contributed by atoms with Crippen molar-refractivity contribution in [2.75, 3.05) is 0 Å². The van der Waals surface area contributed by atoms with Crippen LogP contribution < -0.4 is 4.72 Å². The van der Waals surface area contributed by atoms with Gasteiger partial charge in [-0.25, -0.2) is 22.8 Å². The molecule has 1 fully saturated rings. The number of sulfonamides is 1. The highest BCUT2D eigenvalue weighted by atomic mass is 32.2. The fraction of sp³-hybridized carbons (Fsp3) is 0.400. The Morgan fingerprint density at radius 2 is 2.00 bits per heavy atom. The number of pyridine rings is 1. The van der Waals surface area contributed by atoms with Gasteiger partial charge >= 0.3 is 5.97 Å². The van der Waals surface area contributed by atoms with E-state index in [1.54, 1.807) is 24.5 Å². The molecule has 0 amide bonds. The van der Waals surface area contributed by atoms with Crippen molar-refractivity contribution in [3.63, 3.8) is 0 Å². The number of carboxylic acid groups (broad SMARTS) is 1. The van der Waals surface area contributed by atoms with Gasteiger partial charge in [0.2, 0.25) is 10.0 Å². The number of hydrogen-bond acceptors (Lipinski definition) is 5. The fourth-order valence-corrected chi connectivity index (χ4v) is 4.07. The lowest BCUT2D eigenvalue weighted by Gasteiger charge is -2.26. The van der Waals surface area contributed by atoms with Gasteiger partial charge in [-0.15, -0.1) is 0 Å². The first kappa shape index (κ1) is 16.6. The maximum absolute atomic E-state index is 12.4. The van der Waals surface area contributed by atoms with Crippen molar-refractivity contribution in [2.45, 2.75) is 36.6 Å². The van der Waals surface area contributed by atoms with Gasteiger partial charge in [-0.3, -0.25) is 4.79 Å². The molecule has 128 valence electrons. The van der Waals surface area contributed by atoms with E-state index in [-0.39, 0.29) is 16.9 Å². The van der Waals surface area contributed by atoms with E-state index in [2.05, 4.69) is 14.8 Å². The number of carboxylic acids is 1. The van der Waals surface area contributed by atoms with E-state index in [0.29, 0.717) is 31.5 Å². The number of aliphatic carboxylic acids is 1. The molecular weight excluding hydrogens is 332 g/mol. The SMILES string of the molecule is O=C(O)C1CCC(NS(=O)(=O)c2ccc(-n3cccn3)nc2)CC1. The maximum atomic E-state index is 12.4. The third-order valence-electron chi connectivity index (χ3n) is 4.17. The van der Waals surface area contributed by atoms with E-state index in [0.717, 1.165) is 0 Å². The van der Waals surface area contributed by atoms with Crippen LogP contribution >= 0.6 is 0 Å². The fourth-order valence-electron chi connectivity index (χ4n) is 2.82. The lowest BCUT2D eigenvalue weighted by molar-refractivity contribution is -0.142. The second kappa shape index (κ2) is 6.70. The summed E-state index contributed by atoms with van der Waals surface area (Å²) in [6, 6.07) is 4.58. The highest BCUT2D eigenvalue weighted by Gasteiger charge is 2.29. The first-order chi connectivity index (χ1) is 11.5. The molecule has 0 saturated heterocycles. The Kier molecular flexibility index (Phi) is 4.63. The molecule has 0 aliphatic heterocycles. The van der Waals surface area contributed by atoms with Crippen LogP contribution in [0, 0.1) is 5.92 Å². The minimum atomic E-state index is -3.67. The molecule has 1 aliphatic carbocycles. The van der Waals surface area contributed by atoms with Crippen LogP contribution in [0.15, 0.2) is 41.7 Å². The van der Waals surface area contributed by atoms with Crippen LogP contribution in [-0.4, -0.2) is 40.3 Å². The Labute approximate surface area is 139 Å². The molecule has 0 aromatic carbocycles. The Morgan fingerprint density at radius 3 is 2.54 bits per heavy atom. The number of nitrogens with zero attached hydrogens (tertiary/aromatic N) is 3. The molecule has 0 bridgehead atoms. The summed E-state index contributed by atoms with van der Waals surface area (Å²) in [5, 5.41) is 13.0. The van der Waals surface area contributed by atoms with Gasteiger partial charge < -0.3 is 5.11 Å². The highest BCUT2D eigenvalue weighted by molar-refractivity contribution is 7.89. The lowest BCUT2D eigenvalue weighted by Crippen LogP contribution is -2.38. The predicted octanol–water partition coefficient (Wildman–Crippen LogP) is 1.19. The number of aromatic nitrogens is 3. The molecule has 2 heterocycles. The number of rotatable bonds is 5. The average Bonchev–Trinajstić information content (AvgIpc) is 3.09. The van der Waals surface area contributed by atoms with Crippen LogP contribution in [-0.2, 0) is 14.8 Å². The van der Waals surface area contributed by atoms with E-state index in [1.165, 1.54) is 16.9 Å². The summed E-state index contributed by atoms with van der Waals surface area (Å²) in [4.78, 5) is 15.1. The molecule has 0 radical (unpaired) electrons. The molecule has 2 N–H and O–H groups in total. The smallest absolute Gasteiger partial charge is 0.306 e. The van der Waals surface area contributed by atoms with E-state index in [1.807, 2.05) is 0 Å². The second-order valence-electron chi connectivity index (χ2n) is 5.81. The third-order valence-corrected chi connectivity index (χ3v) is 5.67. The zero-order valence-corrected chi connectivity index (χ0v) is 13.7. The normalized spacial score (nSPS) is 21.5. The first-order valence-corrected chi connectivity index (χ1v) is 9.15. The Bertz CT molecular complexity index is 795. The van der Waals surface area contributed by atoms with Crippen molar-refractivity contribution in [1.29, 1.82) is 0 Å². The van der Waals surface area contributed by atoms with Crippen molar-refractivity contribution in [3.8, 4) is 5.82 Å². The molecule has 2 aromatic rings. The van der Waals surface area contributed by atoms with Crippen LogP contribution in [0.4, 0.5) is 0 Å². The van der Waals surface area contributed by atoms with Gasteiger partial charge in [-0.2, -0.15) is 5.10 Å². The highest BCUT2D eigenvalue weighted by Crippen LogP contribution is 2.25. The van der Waals surface area contributed by atoms with Crippen molar-refractivity contribution >= 4 is 16.0 Å². The first-order valence-electron chi connectivity index (χ1n) is 7.67. The van der Waals surface area contributed by atoms with Gasteiger partial charge in [0.05, 0.1) is 5.92 Å². The number of carbonyl (C=O) groups is 1. The molecule has 9 heteroatoms. The zero-order valence-electron chi connectivity index (χ0n) is 12.9. The number of hydrogen-bond donors (Lipinski definition) is 2. The number of nitrogens with one attached hydrogen (secondary N) is 1. The summed E-state index contributed by atoms with van der Waals surface area (Å²) in [6.07, 6.45) is 6.64. The van der Waals surface area contributed by atoms with Crippen molar-refractivity contribution in [2.24, 2.45) is 5.92 Å². The zero-order chi connectivity index (χ0) is 17.2. The monoisotopic (exact) mass is 350 g/mol. The Hall–Kier alpha value is -2.26. The van der Waals surface area contributed by atoms with Crippen molar-refractivity contribution in [3.05, 3.63) is 36.8 Å². The standard InChI is InChI=1S/C15H18N4O4S/c20-15(21)11-2-4-12(5-3-11)18-24(22,23)13-6-7-14(16-10-13)19-9-1-8-17-19/h1,6-12,18H,2-5H2,(H,20,21). The van der Waals surface area contributed by atoms with Crippen LogP contribution in [0.3, 0.4) is 0 Å². The van der Waals surface area contributed by atoms with Crippen LogP contribution in [0.5, 0.6) is 0 Å². The third kappa shape index (κ3) is 3.62. The van der Waals surface area contributed by atoms with Gasteiger partial charge in [0.15, 0.2) is 5.82 Å². The molecule has 0 unspecified atom stereocenters. The van der Waals surface area contributed by atoms with Gasteiger partial charge in [-0.1, -0.05) is 0 Å². The minimum absolute atomic E-state index is 0.0822. The van der Waals surface area contributed by atoms with E-state index >= 15 is 0 Å². The van der Waals surface area contributed by atoms with E-state index in [9.17, 15) is 13.2 Å². The van der Waals surface area contributed by atoms with Crippen LogP contribution in [0.25, 0.3) is 5.82 Å². The molecule has 2 aromatic heterocycles. The average molecular weight is 350 g/mol. The van der Waals surface area contributed by atoms with Gasteiger partial charge in [0.1, 0.15) is 4.90 Å². The molecule has 24 heavy (non-hydrogen) atoms. The largest absolute Gasteiger partial charge is 0.481 e. The maximum Gasteiger partial charge on any atom is 0.306 e. The molecule has 3 rings (SSSR count). The quantitative estimate of drug-likeness (QED) is 0.837. The van der Waals surface area contributed by atoms with Gasteiger partial charge in [0.25, 0.3) is 0 Å². The van der Waals surface area contributed by atoms with Crippen LogP contribution in [0.1, 0.15) is 25.7 Å². The summed E-state index contributed by atoms with van der Waals surface area (Å²) >= 11 is 0. The predicted molar refractivity (Wildman–Crippen MR) is 85.1 cm³/mol. The van der Waals surface area contributed by atoms with Gasteiger partial charge in [-0.05, 0) is 43.9 Å². The summed E-state index contributed by atoms with van der Waals surface area (Å²) in [7, 11) is -3.67. The lowest BCUT2D eigenvalue weighted by atomic mass is 9.87. The summed E-state index contributed by atoms with van der Waals surface area (Å²) in [5.41, 5.74) is 0. The summed E-state index contributed by atoms with van der Waals surface area (Å²) in [5.74, 6) is -0.656. The second-order valence-corrected chi connectivity index (χ2v) is 7.52. The molecule has 1 aliphatic rings. The molecule has 0 atom stereocenters. The van der Waals surface area contributed by atoms with Crippen LogP contribution in [0.2, 0.25) is 0 Å². The topological polar surface area (TPSA) is 114 Å². The van der Waals surface area contributed by atoms with Crippen molar-refractivity contribution < 1.29 is 18.3 Å². The molecular formula is C15H18N4O4S. The molecule has 0 spiro atoms. The summed E-state index contributed by atoms with van der Waals surface area (Å²) in [6.45, 7) is 0. The summed E-state index contributed by atoms with van der Waals surface area (Å²) < 4.78 is 29.0. The minimum Gasteiger partial charge on any atom is -0.481 e. The molecule has 8 nitrogen and oxygen atoms in total. The van der Waals surface area contributed by atoms with E-state index < -0.39 is 16.0 Å². The van der Waals surface area contributed by atoms with Gasteiger partial charge in [0, 0.05) is 24.6 Å². The van der Waals surface area contributed by atoms with E-state index in [4.69, 9.17) is 5.11 Å².